The first-order valence-electron chi connectivity index (χ1n) is 5.82. The summed E-state index contributed by atoms with van der Waals surface area (Å²) >= 11 is 1.91. The lowest BCUT2D eigenvalue weighted by Crippen LogP contribution is -2.40. The second-order valence-corrected chi connectivity index (χ2v) is 5.49. The van der Waals surface area contributed by atoms with E-state index < -0.39 is 10.8 Å². The van der Waals surface area contributed by atoms with Gasteiger partial charge < -0.3 is 10.6 Å². The van der Waals surface area contributed by atoms with Crippen molar-refractivity contribution in [2.24, 2.45) is 0 Å². The van der Waals surface area contributed by atoms with Gasteiger partial charge in [0.05, 0.1) is 17.0 Å². The van der Waals surface area contributed by atoms with Crippen LogP contribution in [0.5, 0.6) is 0 Å². The number of nitro benzene ring substituents is 1. The molecule has 1 aromatic rings. The lowest BCUT2D eigenvalue weighted by Gasteiger charge is -2.10. The van der Waals surface area contributed by atoms with Crippen molar-refractivity contribution >= 4 is 40.1 Å². The average molecular weight is 391 g/mol. The van der Waals surface area contributed by atoms with Crippen LogP contribution >= 0.6 is 22.6 Å². The van der Waals surface area contributed by atoms with Crippen LogP contribution in [-0.4, -0.2) is 29.3 Å². The van der Waals surface area contributed by atoms with Crippen molar-refractivity contribution in [3.63, 3.8) is 0 Å². The van der Waals surface area contributed by atoms with Gasteiger partial charge in [0.1, 0.15) is 0 Å². The van der Waals surface area contributed by atoms with Gasteiger partial charge in [-0.15, -0.1) is 0 Å². The van der Waals surface area contributed by atoms with E-state index in [1.807, 2.05) is 36.4 Å². The number of carbonyl (C=O) groups is 2. The third-order valence-electron chi connectivity index (χ3n) is 2.26. The maximum atomic E-state index is 11.9. The Morgan fingerprint density at radius 1 is 1.40 bits per heavy atom. The van der Waals surface area contributed by atoms with Gasteiger partial charge in [-0.25, -0.2) is 0 Å². The molecule has 8 heteroatoms. The smallest absolute Gasteiger partial charge is 0.270 e. The zero-order valence-corrected chi connectivity index (χ0v) is 13.1. The largest absolute Gasteiger partial charge is 0.352 e. The Labute approximate surface area is 129 Å². The minimum absolute atomic E-state index is 0.0163. The van der Waals surface area contributed by atoms with Crippen molar-refractivity contribution in [2.45, 2.75) is 19.9 Å². The Hall–Kier alpha value is -1.71. The number of nitrogens with zero attached hydrogens (tertiary/aromatic N) is 1. The van der Waals surface area contributed by atoms with Crippen molar-refractivity contribution in [2.75, 3.05) is 6.54 Å². The second kappa shape index (κ2) is 7.17. The first-order valence-corrected chi connectivity index (χ1v) is 6.90. The molecule has 1 rings (SSSR count). The summed E-state index contributed by atoms with van der Waals surface area (Å²) in [5.74, 6) is -0.828. The summed E-state index contributed by atoms with van der Waals surface area (Å²) in [6.07, 6.45) is 0. The number of amides is 2. The first-order chi connectivity index (χ1) is 9.31. The lowest BCUT2D eigenvalue weighted by molar-refractivity contribution is -0.384. The van der Waals surface area contributed by atoms with Gasteiger partial charge in [0.2, 0.25) is 5.91 Å². The molecule has 0 aliphatic carbocycles. The van der Waals surface area contributed by atoms with Gasteiger partial charge in [-0.2, -0.15) is 0 Å². The number of halogens is 1. The van der Waals surface area contributed by atoms with Crippen LogP contribution in [0, 0.1) is 13.7 Å². The molecule has 1 aromatic carbocycles. The number of non-ortho nitro benzene ring substituents is 1. The topological polar surface area (TPSA) is 101 Å². The van der Waals surface area contributed by atoms with E-state index in [9.17, 15) is 19.7 Å². The first kappa shape index (κ1) is 16.3. The molecule has 0 saturated carbocycles. The fraction of sp³-hybridized carbons (Fsp3) is 0.333. The molecular formula is C12H14IN3O4. The standard InChI is InChI=1S/C12H14IN3O4/c1-7(2)15-11(17)6-14-12(18)9-5-8(16(19)20)3-4-10(9)13/h3-5,7H,6H2,1-2H3,(H,14,18)(H,15,17). The predicted molar refractivity (Wildman–Crippen MR) is 81.4 cm³/mol. The number of rotatable bonds is 5. The van der Waals surface area contributed by atoms with E-state index in [2.05, 4.69) is 10.6 Å². The van der Waals surface area contributed by atoms with Crippen LogP contribution in [0.25, 0.3) is 0 Å². The Morgan fingerprint density at radius 3 is 2.60 bits per heavy atom. The van der Waals surface area contributed by atoms with Gasteiger partial charge in [0, 0.05) is 21.7 Å². The van der Waals surface area contributed by atoms with Crippen molar-refractivity contribution in [3.8, 4) is 0 Å². The summed E-state index contributed by atoms with van der Waals surface area (Å²) in [5, 5.41) is 15.7. The van der Waals surface area contributed by atoms with Crippen LogP contribution < -0.4 is 10.6 Å². The minimum Gasteiger partial charge on any atom is -0.352 e. The van der Waals surface area contributed by atoms with Gasteiger partial charge in [0.15, 0.2) is 0 Å². The van der Waals surface area contributed by atoms with Crippen LogP contribution in [0.3, 0.4) is 0 Å². The predicted octanol–water partition coefficient (Wildman–Crippen LogP) is 1.45. The van der Waals surface area contributed by atoms with E-state index in [0.717, 1.165) is 0 Å². The minimum atomic E-state index is -0.571. The van der Waals surface area contributed by atoms with Gasteiger partial charge in [-0.05, 0) is 42.5 Å². The zero-order chi connectivity index (χ0) is 15.3. The zero-order valence-electron chi connectivity index (χ0n) is 11.0. The van der Waals surface area contributed by atoms with Crippen LogP contribution in [0.15, 0.2) is 18.2 Å². The molecule has 2 N–H and O–H groups in total. The van der Waals surface area contributed by atoms with Gasteiger partial charge in [-0.3, -0.25) is 19.7 Å². The Kier molecular flexibility index (Phi) is 5.86. The quantitative estimate of drug-likeness (QED) is 0.451. The summed E-state index contributed by atoms with van der Waals surface area (Å²) in [4.78, 5) is 33.4. The monoisotopic (exact) mass is 391 g/mol. The van der Waals surface area contributed by atoms with E-state index in [1.54, 1.807) is 0 Å². The summed E-state index contributed by atoms with van der Waals surface area (Å²) in [6.45, 7) is 3.45. The molecule has 2 amide bonds. The van der Waals surface area contributed by atoms with Crippen LogP contribution in [-0.2, 0) is 4.79 Å². The molecule has 0 aliphatic rings. The molecule has 0 atom stereocenters. The highest BCUT2D eigenvalue weighted by Gasteiger charge is 2.16. The molecule has 7 nitrogen and oxygen atoms in total. The Morgan fingerprint density at radius 2 is 2.05 bits per heavy atom. The molecule has 0 fully saturated rings. The van der Waals surface area contributed by atoms with E-state index in [-0.39, 0.29) is 29.7 Å². The maximum absolute atomic E-state index is 11.9. The Balaban J connectivity index is 2.75. The molecule has 0 radical (unpaired) electrons. The van der Waals surface area contributed by atoms with Crippen molar-refractivity contribution in [1.82, 2.24) is 10.6 Å². The molecule has 0 aliphatic heterocycles. The van der Waals surface area contributed by atoms with Crippen LogP contribution in [0.4, 0.5) is 5.69 Å². The summed E-state index contributed by atoms with van der Waals surface area (Å²) in [6, 6.07) is 3.99. The highest BCUT2D eigenvalue weighted by atomic mass is 127. The van der Waals surface area contributed by atoms with E-state index in [0.29, 0.717) is 3.57 Å². The van der Waals surface area contributed by atoms with Crippen molar-refractivity contribution in [1.29, 1.82) is 0 Å². The number of benzene rings is 1. The molecule has 0 unspecified atom stereocenters. The molecule has 0 saturated heterocycles. The third-order valence-corrected chi connectivity index (χ3v) is 3.21. The molecule has 0 bridgehead atoms. The van der Waals surface area contributed by atoms with Crippen molar-refractivity contribution < 1.29 is 14.5 Å². The van der Waals surface area contributed by atoms with Crippen LogP contribution in [0.1, 0.15) is 24.2 Å². The molecular weight excluding hydrogens is 377 g/mol. The SMILES string of the molecule is CC(C)NC(=O)CNC(=O)c1cc([N+](=O)[O-])ccc1I. The van der Waals surface area contributed by atoms with Gasteiger partial charge >= 0.3 is 0 Å². The fourth-order valence-electron chi connectivity index (χ4n) is 1.43. The van der Waals surface area contributed by atoms with E-state index >= 15 is 0 Å². The fourth-order valence-corrected chi connectivity index (χ4v) is 2.01. The Bertz CT molecular complexity index is 546. The number of carbonyl (C=O) groups excluding carboxylic acids is 2. The lowest BCUT2D eigenvalue weighted by atomic mass is 10.2. The second-order valence-electron chi connectivity index (χ2n) is 4.33. The molecule has 0 spiro atoms. The van der Waals surface area contributed by atoms with Gasteiger partial charge in [0.25, 0.3) is 11.6 Å². The molecule has 20 heavy (non-hydrogen) atoms. The molecule has 108 valence electrons. The number of nitrogens with one attached hydrogen (secondary N) is 2. The number of nitro groups is 1. The van der Waals surface area contributed by atoms with Gasteiger partial charge in [-0.1, -0.05) is 0 Å². The molecule has 0 aromatic heterocycles. The van der Waals surface area contributed by atoms with Crippen LogP contribution in [0.2, 0.25) is 0 Å². The van der Waals surface area contributed by atoms with E-state index in [1.165, 1.54) is 18.2 Å². The summed E-state index contributed by atoms with van der Waals surface area (Å²) in [7, 11) is 0. The number of hydrogen-bond donors (Lipinski definition) is 2. The summed E-state index contributed by atoms with van der Waals surface area (Å²) < 4.78 is 0.579. The third kappa shape index (κ3) is 4.76. The highest BCUT2D eigenvalue weighted by molar-refractivity contribution is 14.1. The molecule has 0 heterocycles. The average Bonchev–Trinajstić information content (AvgIpc) is 2.35. The highest BCUT2D eigenvalue weighted by Crippen LogP contribution is 2.19. The number of hydrogen-bond acceptors (Lipinski definition) is 4. The maximum Gasteiger partial charge on any atom is 0.270 e. The summed E-state index contributed by atoms with van der Waals surface area (Å²) in [5.41, 5.74) is 0.0133. The van der Waals surface area contributed by atoms with Crippen molar-refractivity contribution in [3.05, 3.63) is 37.4 Å². The normalized spacial score (nSPS) is 10.2. The van der Waals surface area contributed by atoms with E-state index in [4.69, 9.17) is 0 Å².